The number of benzene rings is 1. The van der Waals surface area contributed by atoms with Gasteiger partial charge in [0.25, 0.3) is 0 Å². The summed E-state index contributed by atoms with van der Waals surface area (Å²) in [6.45, 7) is -0.130. The highest BCUT2D eigenvalue weighted by molar-refractivity contribution is 7.88. The van der Waals surface area contributed by atoms with Gasteiger partial charge in [0.15, 0.2) is 0 Å². The quantitative estimate of drug-likeness (QED) is 0.806. The van der Waals surface area contributed by atoms with Crippen molar-refractivity contribution in [2.45, 2.75) is 12.4 Å². The average Bonchev–Trinajstić information content (AvgIpc) is 2.06. The third-order valence-electron chi connectivity index (χ3n) is 1.66. The molecule has 0 saturated carbocycles. The predicted molar refractivity (Wildman–Crippen MR) is 54.2 cm³/mol. The first kappa shape index (κ1) is 11.5. The Morgan fingerprint density at radius 2 is 2.07 bits per heavy atom. The number of rotatable bonds is 3. The van der Waals surface area contributed by atoms with Crippen LogP contribution in [0.1, 0.15) is 11.1 Å². The molecule has 0 bridgehead atoms. The summed E-state index contributed by atoms with van der Waals surface area (Å²) in [6.07, 6.45) is 0. The summed E-state index contributed by atoms with van der Waals surface area (Å²) in [5, 5.41) is 14.0. The molecule has 0 aliphatic heterocycles. The Morgan fingerprint density at radius 3 is 2.50 bits per heavy atom. The van der Waals surface area contributed by atoms with Crippen LogP contribution in [-0.2, 0) is 22.4 Å². The van der Waals surface area contributed by atoms with E-state index in [0.29, 0.717) is 16.1 Å². The van der Waals surface area contributed by atoms with E-state index in [2.05, 4.69) is 0 Å². The van der Waals surface area contributed by atoms with Gasteiger partial charge in [0.2, 0.25) is 10.0 Å². The number of aliphatic hydroxyl groups is 1. The van der Waals surface area contributed by atoms with Gasteiger partial charge in [-0.2, -0.15) is 0 Å². The molecule has 6 heteroatoms. The van der Waals surface area contributed by atoms with Crippen molar-refractivity contribution in [2.75, 3.05) is 0 Å². The minimum Gasteiger partial charge on any atom is -0.392 e. The molecular weight excluding hydrogens is 226 g/mol. The van der Waals surface area contributed by atoms with Crippen LogP contribution in [0.15, 0.2) is 18.2 Å². The molecule has 0 saturated heterocycles. The Labute approximate surface area is 87.4 Å². The minimum absolute atomic E-state index is 0.130. The van der Waals surface area contributed by atoms with E-state index in [0.717, 1.165) is 0 Å². The summed E-state index contributed by atoms with van der Waals surface area (Å²) >= 11 is 5.78. The molecule has 1 aromatic rings. The SMILES string of the molecule is NS(=O)(=O)Cc1ccc(CO)cc1Cl. The van der Waals surface area contributed by atoms with Crippen molar-refractivity contribution >= 4 is 21.6 Å². The molecule has 0 aliphatic carbocycles. The molecule has 0 heterocycles. The van der Waals surface area contributed by atoms with Gasteiger partial charge in [0.05, 0.1) is 12.4 Å². The second-order valence-electron chi connectivity index (χ2n) is 2.89. The normalized spacial score (nSPS) is 11.6. The summed E-state index contributed by atoms with van der Waals surface area (Å²) in [4.78, 5) is 0. The molecule has 78 valence electrons. The van der Waals surface area contributed by atoms with Crippen LogP contribution in [0.5, 0.6) is 0 Å². The molecular formula is C8H10ClNO3S. The molecule has 0 atom stereocenters. The number of sulfonamides is 1. The van der Waals surface area contributed by atoms with Crippen LogP contribution in [-0.4, -0.2) is 13.5 Å². The summed E-state index contributed by atoms with van der Waals surface area (Å²) < 4.78 is 21.6. The Balaban J connectivity index is 3.01. The zero-order valence-corrected chi connectivity index (χ0v) is 8.85. The number of nitrogens with two attached hydrogens (primary N) is 1. The van der Waals surface area contributed by atoms with Gasteiger partial charge in [-0.25, -0.2) is 13.6 Å². The number of aliphatic hydroxyl groups excluding tert-OH is 1. The molecule has 14 heavy (non-hydrogen) atoms. The fourth-order valence-corrected chi connectivity index (χ4v) is 2.06. The molecule has 0 radical (unpaired) electrons. The second kappa shape index (κ2) is 4.27. The first-order valence-corrected chi connectivity index (χ1v) is 5.90. The average molecular weight is 236 g/mol. The lowest BCUT2D eigenvalue weighted by atomic mass is 10.2. The maximum atomic E-state index is 10.8. The van der Waals surface area contributed by atoms with E-state index in [1.54, 1.807) is 6.07 Å². The predicted octanol–water partition coefficient (Wildman–Crippen LogP) is 0.621. The number of primary sulfonamides is 1. The van der Waals surface area contributed by atoms with E-state index in [4.69, 9.17) is 21.8 Å². The number of halogens is 1. The summed E-state index contributed by atoms with van der Waals surface area (Å²) in [5.41, 5.74) is 1.07. The lowest BCUT2D eigenvalue weighted by Crippen LogP contribution is -2.14. The van der Waals surface area contributed by atoms with Gasteiger partial charge in [-0.1, -0.05) is 23.7 Å². The maximum Gasteiger partial charge on any atom is 0.213 e. The van der Waals surface area contributed by atoms with Crippen molar-refractivity contribution < 1.29 is 13.5 Å². The van der Waals surface area contributed by atoms with E-state index >= 15 is 0 Å². The van der Waals surface area contributed by atoms with E-state index in [1.807, 2.05) is 0 Å². The first-order chi connectivity index (χ1) is 6.42. The van der Waals surface area contributed by atoms with Crippen LogP contribution in [0, 0.1) is 0 Å². The largest absolute Gasteiger partial charge is 0.392 e. The molecule has 0 amide bonds. The number of hydrogen-bond acceptors (Lipinski definition) is 3. The third-order valence-corrected chi connectivity index (χ3v) is 2.72. The summed E-state index contributed by atoms with van der Waals surface area (Å²) in [7, 11) is -3.57. The van der Waals surface area contributed by atoms with Crippen LogP contribution >= 0.6 is 11.6 Å². The lowest BCUT2D eigenvalue weighted by Gasteiger charge is -2.04. The van der Waals surface area contributed by atoms with Gasteiger partial charge in [-0.15, -0.1) is 0 Å². The van der Waals surface area contributed by atoms with Gasteiger partial charge in [-0.3, -0.25) is 0 Å². The van der Waals surface area contributed by atoms with Crippen molar-refractivity contribution in [3.63, 3.8) is 0 Å². The van der Waals surface area contributed by atoms with Crippen molar-refractivity contribution in [1.29, 1.82) is 0 Å². The fraction of sp³-hybridized carbons (Fsp3) is 0.250. The van der Waals surface area contributed by atoms with Gasteiger partial charge in [0.1, 0.15) is 0 Å². The highest BCUT2D eigenvalue weighted by atomic mass is 35.5. The van der Waals surface area contributed by atoms with Crippen molar-refractivity contribution in [3.8, 4) is 0 Å². The molecule has 1 rings (SSSR count). The zero-order valence-electron chi connectivity index (χ0n) is 7.27. The van der Waals surface area contributed by atoms with Crippen LogP contribution in [0.3, 0.4) is 0 Å². The van der Waals surface area contributed by atoms with Gasteiger partial charge in [0, 0.05) is 5.02 Å². The Hall–Kier alpha value is -0.620. The molecule has 4 nitrogen and oxygen atoms in total. The van der Waals surface area contributed by atoms with Crippen LogP contribution in [0.4, 0.5) is 0 Å². The van der Waals surface area contributed by atoms with Crippen molar-refractivity contribution in [3.05, 3.63) is 34.3 Å². The lowest BCUT2D eigenvalue weighted by molar-refractivity contribution is 0.282. The molecule has 0 aliphatic rings. The summed E-state index contributed by atoms with van der Waals surface area (Å²) in [5.74, 6) is -0.294. The maximum absolute atomic E-state index is 10.8. The van der Waals surface area contributed by atoms with Gasteiger partial charge in [-0.05, 0) is 17.2 Å². The topological polar surface area (TPSA) is 80.4 Å². The third kappa shape index (κ3) is 3.26. The molecule has 0 aromatic heterocycles. The van der Waals surface area contributed by atoms with Crippen molar-refractivity contribution in [1.82, 2.24) is 0 Å². The van der Waals surface area contributed by atoms with Gasteiger partial charge >= 0.3 is 0 Å². The minimum atomic E-state index is -3.57. The van der Waals surface area contributed by atoms with E-state index in [1.165, 1.54) is 12.1 Å². The first-order valence-electron chi connectivity index (χ1n) is 3.81. The van der Waals surface area contributed by atoms with Crippen LogP contribution in [0.2, 0.25) is 5.02 Å². The van der Waals surface area contributed by atoms with Crippen molar-refractivity contribution in [2.24, 2.45) is 5.14 Å². The van der Waals surface area contributed by atoms with Gasteiger partial charge < -0.3 is 5.11 Å². The number of hydrogen-bond donors (Lipinski definition) is 2. The van der Waals surface area contributed by atoms with Crippen LogP contribution < -0.4 is 5.14 Å². The monoisotopic (exact) mass is 235 g/mol. The Morgan fingerprint density at radius 1 is 1.43 bits per heavy atom. The standard InChI is InChI=1S/C8H10ClNO3S/c9-8-3-6(4-11)1-2-7(8)5-14(10,12)13/h1-3,11H,4-5H2,(H2,10,12,13). The second-order valence-corrected chi connectivity index (χ2v) is 4.91. The smallest absolute Gasteiger partial charge is 0.213 e. The van der Waals surface area contributed by atoms with Crippen LogP contribution in [0.25, 0.3) is 0 Å². The highest BCUT2D eigenvalue weighted by Gasteiger charge is 2.08. The van der Waals surface area contributed by atoms with E-state index in [-0.39, 0.29) is 12.4 Å². The molecule has 0 fully saturated rings. The zero-order chi connectivity index (χ0) is 10.8. The summed E-state index contributed by atoms with van der Waals surface area (Å²) in [6, 6.07) is 4.66. The van der Waals surface area contributed by atoms with E-state index < -0.39 is 10.0 Å². The van der Waals surface area contributed by atoms with E-state index in [9.17, 15) is 8.42 Å². The molecule has 0 unspecified atom stereocenters. The molecule has 1 aromatic carbocycles. The Bertz CT molecular complexity index is 430. The highest BCUT2D eigenvalue weighted by Crippen LogP contribution is 2.19. The fourth-order valence-electron chi connectivity index (χ4n) is 1.02. The Kier molecular flexibility index (Phi) is 3.49. The molecule has 3 N–H and O–H groups in total. The molecule has 0 spiro atoms.